The van der Waals surface area contributed by atoms with Gasteiger partial charge in [-0.05, 0) is 12.6 Å². The van der Waals surface area contributed by atoms with E-state index in [4.69, 9.17) is 0 Å². The topological polar surface area (TPSA) is 27.3 Å². The predicted molar refractivity (Wildman–Crippen MR) is 51.6 cm³/mol. The average Bonchev–Trinajstić information content (AvgIpc) is 2.54. The third-order valence-electron chi connectivity index (χ3n) is 2.17. The summed E-state index contributed by atoms with van der Waals surface area (Å²) in [6.45, 7) is 7.35. The van der Waals surface area contributed by atoms with Crippen LogP contribution in [0.2, 0.25) is 0 Å². The molecule has 2 aliphatic heterocycles. The van der Waals surface area contributed by atoms with E-state index in [1.807, 2.05) is 13.8 Å². The molecule has 70 valence electrons. The summed E-state index contributed by atoms with van der Waals surface area (Å²) in [6.07, 6.45) is 1.18. The first-order valence-electron chi connectivity index (χ1n) is 4.74. The highest BCUT2D eigenvalue weighted by Crippen LogP contribution is 2.15. The van der Waals surface area contributed by atoms with E-state index in [0.29, 0.717) is 0 Å². The van der Waals surface area contributed by atoms with Crippen molar-refractivity contribution in [3.05, 3.63) is 11.3 Å². The molecule has 0 amide bonds. The molecule has 0 bridgehead atoms. The minimum Gasteiger partial charge on any atom is -0.325 e. The molecule has 0 aromatic heterocycles. The second-order valence-corrected chi connectivity index (χ2v) is 3.05. The van der Waals surface area contributed by atoms with Crippen LogP contribution in [0, 0.1) is 0 Å². The Labute approximate surface area is 74.8 Å². The Kier molecular flexibility index (Phi) is 3.56. The lowest BCUT2D eigenvalue weighted by atomic mass is 10.1. The van der Waals surface area contributed by atoms with Crippen LogP contribution in [0.4, 0.5) is 0 Å². The predicted octanol–water partition coefficient (Wildman–Crippen LogP) is 0.710. The standard InChI is InChI=1S/C7H13N3.C2H6/c1-10-3-2-7-6(5-10)4-8-9-7;1-2/h8-9H,2-5H2,1H3;1-2H3. The van der Waals surface area contributed by atoms with Gasteiger partial charge in [-0.25, -0.2) is 5.43 Å². The summed E-state index contributed by atoms with van der Waals surface area (Å²) in [7, 11) is 2.17. The molecule has 0 fully saturated rings. The lowest BCUT2D eigenvalue weighted by Gasteiger charge is -2.22. The van der Waals surface area contributed by atoms with Crippen LogP contribution in [-0.2, 0) is 0 Å². The van der Waals surface area contributed by atoms with Crippen LogP contribution in [0.25, 0.3) is 0 Å². The molecule has 0 unspecified atom stereocenters. The maximum atomic E-state index is 3.18. The molecular weight excluding hydrogens is 150 g/mol. The summed E-state index contributed by atoms with van der Waals surface area (Å²) in [5.74, 6) is 0. The summed E-state index contributed by atoms with van der Waals surface area (Å²) in [6, 6.07) is 0. The normalized spacial score (nSPS) is 22.6. The molecule has 0 aromatic carbocycles. The van der Waals surface area contributed by atoms with Gasteiger partial charge in [-0.3, -0.25) is 0 Å². The Hall–Kier alpha value is -0.540. The molecule has 0 spiro atoms. The first-order chi connectivity index (χ1) is 5.86. The maximum Gasteiger partial charge on any atom is 0.0391 e. The number of nitrogens with zero attached hydrogens (tertiary/aromatic N) is 1. The van der Waals surface area contributed by atoms with Crippen LogP contribution in [0.15, 0.2) is 11.3 Å². The molecule has 2 heterocycles. The van der Waals surface area contributed by atoms with Gasteiger partial charge in [0.2, 0.25) is 0 Å². The maximum absolute atomic E-state index is 3.18. The number of nitrogens with one attached hydrogen (secondary N) is 2. The van der Waals surface area contributed by atoms with E-state index < -0.39 is 0 Å². The highest BCUT2D eigenvalue weighted by Gasteiger charge is 2.19. The molecule has 0 atom stereocenters. The SMILES string of the molecule is CC.CN1CCC2=C(CNN2)C1. The monoisotopic (exact) mass is 169 g/mol. The van der Waals surface area contributed by atoms with E-state index >= 15 is 0 Å². The fourth-order valence-electron chi connectivity index (χ4n) is 1.55. The number of hydrazine groups is 1. The second-order valence-electron chi connectivity index (χ2n) is 3.05. The zero-order valence-electron chi connectivity index (χ0n) is 8.28. The van der Waals surface area contributed by atoms with E-state index in [1.54, 1.807) is 0 Å². The summed E-state index contributed by atoms with van der Waals surface area (Å²) in [5.41, 5.74) is 9.28. The quantitative estimate of drug-likeness (QED) is 0.559. The smallest absolute Gasteiger partial charge is 0.0391 e. The number of hydrogen-bond donors (Lipinski definition) is 2. The van der Waals surface area contributed by atoms with Crippen molar-refractivity contribution in [1.82, 2.24) is 15.8 Å². The molecule has 0 radical (unpaired) electrons. The fourth-order valence-corrected chi connectivity index (χ4v) is 1.55. The molecule has 3 heteroatoms. The van der Waals surface area contributed by atoms with Gasteiger partial charge in [-0.15, -0.1) is 0 Å². The Morgan fingerprint density at radius 1 is 1.33 bits per heavy atom. The van der Waals surface area contributed by atoms with E-state index in [2.05, 4.69) is 22.8 Å². The summed E-state index contributed by atoms with van der Waals surface area (Å²) in [4.78, 5) is 2.35. The van der Waals surface area contributed by atoms with Crippen LogP contribution >= 0.6 is 0 Å². The van der Waals surface area contributed by atoms with Crippen LogP contribution in [0.5, 0.6) is 0 Å². The van der Waals surface area contributed by atoms with Crippen molar-refractivity contribution < 1.29 is 0 Å². The van der Waals surface area contributed by atoms with Gasteiger partial charge in [0.15, 0.2) is 0 Å². The molecule has 0 saturated heterocycles. The lowest BCUT2D eigenvalue weighted by molar-refractivity contribution is 0.347. The zero-order chi connectivity index (χ0) is 8.97. The van der Waals surface area contributed by atoms with Gasteiger partial charge < -0.3 is 10.3 Å². The van der Waals surface area contributed by atoms with E-state index in [1.165, 1.54) is 24.2 Å². The largest absolute Gasteiger partial charge is 0.325 e. The van der Waals surface area contributed by atoms with Gasteiger partial charge in [-0.2, -0.15) is 0 Å². The Morgan fingerprint density at radius 2 is 2.08 bits per heavy atom. The van der Waals surface area contributed by atoms with E-state index in [9.17, 15) is 0 Å². The number of rotatable bonds is 0. The molecule has 0 saturated carbocycles. The van der Waals surface area contributed by atoms with Gasteiger partial charge in [0, 0.05) is 31.8 Å². The molecule has 0 aliphatic carbocycles. The summed E-state index contributed by atoms with van der Waals surface area (Å²) in [5, 5.41) is 0. The van der Waals surface area contributed by atoms with Gasteiger partial charge in [0.1, 0.15) is 0 Å². The Morgan fingerprint density at radius 3 is 2.83 bits per heavy atom. The molecule has 2 aliphatic rings. The fraction of sp³-hybridized carbons (Fsp3) is 0.778. The van der Waals surface area contributed by atoms with Gasteiger partial charge in [-0.1, -0.05) is 13.8 Å². The number of likely N-dealkylation sites (N-methyl/N-ethyl adjacent to an activating group) is 1. The van der Waals surface area contributed by atoms with Crippen molar-refractivity contribution in [1.29, 1.82) is 0 Å². The van der Waals surface area contributed by atoms with Crippen molar-refractivity contribution in [3.63, 3.8) is 0 Å². The van der Waals surface area contributed by atoms with E-state index in [0.717, 1.165) is 13.1 Å². The first-order valence-corrected chi connectivity index (χ1v) is 4.74. The highest BCUT2D eigenvalue weighted by atomic mass is 15.4. The van der Waals surface area contributed by atoms with Crippen molar-refractivity contribution >= 4 is 0 Å². The lowest BCUT2D eigenvalue weighted by Crippen LogP contribution is -2.28. The summed E-state index contributed by atoms with van der Waals surface area (Å²) >= 11 is 0. The molecule has 0 aromatic rings. The summed E-state index contributed by atoms with van der Waals surface area (Å²) < 4.78 is 0. The molecule has 3 nitrogen and oxygen atoms in total. The zero-order valence-corrected chi connectivity index (χ0v) is 8.28. The third-order valence-corrected chi connectivity index (χ3v) is 2.17. The van der Waals surface area contributed by atoms with Crippen LogP contribution in [0.3, 0.4) is 0 Å². The molecule has 2 N–H and O–H groups in total. The van der Waals surface area contributed by atoms with E-state index in [-0.39, 0.29) is 0 Å². The van der Waals surface area contributed by atoms with Crippen molar-refractivity contribution in [2.45, 2.75) is 20.3 Å². The van der Waals surface area contributed by atoms with Gasteiger partial charge in [0.05, 0.1) is 0 Å². The van der Waals surface area contributed by atoms with Gasteiger partial charge >= 0.3 is 0 Å². The van der Waals surface area contributed by atoms with Crippen LogP contribution < -0.4 is 10.9 Å². The molecular formula is C9H19N3. The van der Waals surface area contributed by atoms with Crippen LogP contribution in [0.1, 0.15) is 20.3 Å². The first kappa shape index (κ1) is 9.55. The minimum atomic E-state index is 1.03. The third kappa shape index (κ3) is 1.99. The van der Waals surface area contributed by atoms with Crippen molar-refractivity contribution in [3.8, 4) is 0 Å². The van der Waals surface area contributed by atoms with Crippen molar-refractivity contribution in [2.75, 3.05) is 26.7 Å². The Bertz CT molecular complexity index is 175. The van der Waals surface area contributed by atoms with Crippen LogP contribution in [-0.4, -0.2) is 31.6 Å². The molecule has 2 rings (SSSR count). The molecule has 12 heavy (non-hydrogen) atoms. The van der Waals surface area contributed by atoms with Gasteiger partial charge in [0.25, 0.3) is 0 Å². The average molecular weight is 169 g/mol. The second kappa shape index (κ2) is 4.48. The minimum absolute atomic E-state index is 1.03. The highest BCUT2D eigenvalue weighted by molar-refractivity contribution is 5.22. The Balaban J connectivity index is 0.000000336. The van der Waals surface area contributed by atoms with Crippen molar-refractivity contribution in [2.24, 2.45) is 0 Å². The number of hydrogen-bond acceptors (Lipinski definition) is 3.